The monoisotopic (exact) mass is 446 g/mol. The van der Waals surface area contributed by atoms with Crippen molar-refractivity contribution in [2.75, 3.05) is 20.8 Å². The minimum Gasteiger partial charge on any atom is -0.497 e. The molecule has 33 heavy (non-hydrogen) atoms. The number of ether oxygens (including phenoxy) is 3. The predicted molar refractivity (Wildman–Crippen MR) is 124 cm³/mol. The van der Waals surface area contributed by atoms with Gasteiger partial charge in [-0.3, -0.25) is 14.5 Å². The molecule has 4 aromatic rings. The van der Waals surface area contributed by atoms with Crippen molar-refractivity contribution in [2.45, 2.75) is 19.3 Å². The molecule has 8 heteroatoms. The molecule has 170 valence electrons. The first-order valence-corrected chi connectivity index (χ1v) is 10.6. The third kappa shape index (κ3) is 4.95. The number of carbonyl (C=O) groups is 1. The Balaban J connectivity index is 1.80. The Morgan fingerprint density at radius 3 is 2.39 bits per heavy atom. The maximum Gasteiger partial charge on any atom is 0.306 e. The summed E-state index contributed by atoms with van der Waals surface area (Å²) < 4.78 is 17.9. The molecule has 0 amide bonds. The van der Waals surface area contributed by atoms with E-state index in [0.29, 0.717) is 18.1 Å². The molecule has 2 aromatic heterocycles. The second-order valence-corrected chi connectivity index (χ2v) is 7.61. The topological polar surface area (TPSA) is 88.4 Å². The molecule has 0 spiro atoms. The van der Waals surface area contributed by atoms with Gasteiger partial charge in [0.15, 0.2) is 0 Å². The Labute approximate surface area is 192 Å². The SMILES string of the molecule is CCOC(=O)CC(c1cc(OC)cc(OC)c1)c1ccc2ncc(-c3cnn(C)c3)nc2c1. The van der Waals surface area contributed by atoms with Crippen LogP contribution in [0.15, 0.2) is 55.0 Å². The number of fused-ring (bicyclic) bond motifs is 1. The third-order valence-electron chi connectivity index (χ3n) is 5.42. The van der Waals surface area contributed by atoms with Gasteiger partial charge in [0, 0.05) is 30.8 Å². The average Bonchev–Trinajstić information content (AvgIpc) is 3.27. The van der Waals surface area contributed by atoms with Crippen LogP contribution in [0.1, 0.15) is 30.4 Å². The van der Waals surface area contributed by atoms with Gasteiger partial charge in [0.1, 0.15) is 11.5 Å². The normalized spacial score (nSPS) is 11.9. The highest BCUT2D eigenvalue weighted by Gasteiger charge is 2.22. The van der Waals surface area contributed by atoms with Crippen LogP contribution in [0.4, 0.5) is 0 Å². The van der Waals surface area contributed by atoms with Crippen molar-refractivity contribution < 1.29 is 19.0 Å². The molecule has 8 nitrogen and oxygen atoms in total. The van der Waals surface area contributed by atoms with Gasteiger partial charge in [-0.25, -0.2) is 4.98 Å². The van der Waals surface area contributed by atoms with E-state index in [-0.39, 0.29) is 18.3 Å². The Bertz CT molecular complexity index is 1260. The summed E-state index contributed by atoms with van der Waals surface area (Å²) in [6.45, 7) is 2.12. The predicted octanol–water partition coefficient (Wildman–Crippen LogP) is 4.13. The third-order valence-corrected chi connectivity index (χ3v) is 5.42. The van der Waals surface area contributed by atoms with Crippen LogP contribution in [0, 0.1) is 0 Å². The van der Waals surface area contributed by atoms with Crippen molar-refractivity contribution in [3.63, 3.8) is 0 Å². The summed E-state index contributed by atoms with van der Waals surface area (Å²) in [7, 11) is 5.06. The largest absolute Gasteiger partial charge is 0.497 e. The maximum atomic E-state index is 12.5. The fourth-order valence-corrected chi connectivity index (χ4v) is 3.78. The zero-order valence-corrected chi connectivity index (χ0v) is 19.1. The number of carbonyl (C=O) groups excluding carboxylic acids is 1. The minimum absolute atomic E-state index is 0.172. The number of nitrogens with zero attached hydrogens (tertiary/aromatic N) is 4. The maximum absolute atomic E-state index is 12.5. The second-order valence-electron chi connectivity index (χ2n) is 7.61. The van der Waals surface area contributed by atoms with Crippen molar-refractivity contribution in [1.82, 2.24) is 19.7 Å². The van der Waals surface area contributed by atoms with Gasteiger partial charge in [-0.15, -0.1) is 0 Å². The number of methoxy groups -OCH3 is 2. The molecule has 0 aliphatic heterocycles. The molecule has 4 rings (SSSR count). The molecule has 0 aliphatic rings. The van der Waals surface area contributed by atoms with Crippen LogP contribution in [0.3, 0.4) is 0 Å². The minimum atomic E-state index is -0.278. The molecule has 0 saturated carbocycles. The van der Waals surface area contributed by atoms with Gasteiger partial charge in [-0.2, -0.15) is 5.10 Å². The average molecular weight is 447 g/mol. The van der Waals surface area contributed by atoms with Gasteiger partial charge in [0.25, 0.3) is 0 Å². The molecule has 0 N–H and O–H groups in total. The van der Waals surface area contributed by atoms with E-state index in [2.05, 4.69) is 10.1 Å². The van der Waals surface area contributed by atoms with Gasteiger partial charge in [0.05, 0.1) is 56.4 Å². The van der Waals surface area contributed by atoms with Crippen molar-refractivity contribution in [3.8, 4) is 22.8 Å². The number of hydrogen-bond acceptors (Lipinski definition) is 7. The number of aryl methyl sites for hydroxylation is 1. The summed E-state index contributed by atoms with van der Waals surface area (Å²) in [5.41, 5.74) is 4.93. The van der Waals surface area contributed by atoms with Crippen LogP contribution < -0.4 is 9.47 Å². The standard InChI is InChI=1S/C25H26N4O4/c1-5-33-25(30)12-21(17-8-19(31-3)11-20(9-17)32-4)16-6-7-22-23(10-16)28-24(14-26-22)18-13-27-29(2)15-18/h6-11,13-15,21H,5,12H2,1-4H3. The van der Waals surface area contributed by atoms with Crippen LogP contribution in [0.2, 0.25) is 0 Å². The van der Waals surface area contributed by atoms with E-state index in [1.165, 1.54) is 0 Å². The van der Waals surface area contributed by atoms with Crippen LogP contribution >= 0.6 is 0 Å². The Morgan fingerprint density at radius 1 is 1.00 bits per heavy atom. The van der Waals surface area contributed by atoms with E-state index in [9.17, 15) is 4.79 Å². The fourth-order valence-electron chi connectivity index (χ4n) is 3.78. The van der Waals surface area contributed by atoms with E-state index >= 15 is 0 Å². The Hall–Kier alpha value is -3.94. The highest BCUT2D eigenvalue weighted by atomic mass is 16.5. The molecule has 0 radical (unpaired) electrons. The Morgan fingerprint density at radius 2 is 1.76 bits per heavy atom. The number of hydrogen-bond donors (Lipinski definition) is 0. The van der Waals surface area contributed by atoms with Crippen molar-refractivity contribution >= 4 is 17.0 Å². The number of aromatic nitrogens is 4. The summed E-state index contributed by atoms with van der Waals surface area (Å²) >= 11 is 0. The van der Waals surface area contributed by atoms with Crippen LogP contribution in [0.5, 0.6) is 11.5 Å². The first kappa shape index (κ1) is 22.3. The molecular formula is C25H26N4O4. The highest BCUT2D eigenvalue weighted by Crippen LogP contribution is 2.35. The van der Waals surface area contributed by atoms with Gasteiger partial charge in [-0.1, -0.05) is 6.07 Å². The lowest BCUT2D eigenvalue weighted by molar-refractivity contribution is -0.143. The number of rotatable bonds is 8. The van der Waals surface area contributed by atoms with Crippen LogP contribution in [0.25, 0.3) is 22.3 Å². The first-order valence-electron chi connectivity index (χ1n) is 10.6. The molecule has 2 heterocycles. The van der Waals surface area contributed by atoms with E-state index < -0.39 is 0 Å². The van der Waals surface area contributed by atoms with Crippen LogP contribution in [-0.2, 0) is 16.6 Å². The van der Waals surface area contributed by atoms with Gasteiger partial charge < -0.3 is 14.2 Å². The molecule has 0 bridgehead atoms. The second kappa shape index (κ2) is 9.68. The lowest BCUT2D eigenvalue weighted by atomic mass is 9.88. The number of esters is 1. The smallest absolute Gasteiger partial charge is 0.306 e. The lowest BCUT2D eigenvalue weighted by Gasteiger charge is -2.19. The summed E-state index contributed by atoms with van der Waals surface area (Å²) in [6, 6.07) is 11.5. The van der Waals surface area contributed by atoms with Crippen molar-refractivity contribution in [2.24, 2.45) is 7.05 Å². The van der Waals surface area contributed by atoms with Crippen LogP contribution in [-0.4, -0.2) is 46.5 Å². The molecule has 0 fully saturated rings. The quantitative estimate of drug-likeness (QED) is 0.376. The summed E-state index contributed by atoms with van der Waals surface area (Å²) in [6.07, 6.45) is 5.56. The summed E-state index contributed by atoms with van der Waals surface area (Å²) in [5, 5.41) is 4.22. The highest BCUT2D eigenvalue weighted by molar-refractivity contribution is 5.79. The van der Waals surface area contributed by atoms with E-state index in [0.717, 1.165) is 33.4 Å². The van der Waals surface area contributed by atoms with E-state index in [4.69, 9.17) is 19.2 Å². The molecule has 1 atom stereocenters. The molecule has 2 aromatic carbocycles. The summed E-state index contributed by atoms with van der Waals surface area (Å²) in [5.74, 6) is 0.746. The Kier molecular flexibility index (Phi) is 6.53. The molecular weight excluding hydrogens is 420 g/mol. The zero-order valence-electron chi connectivity index (χ0n) is 19.1. The zero-order chi connectivity index (χ0) is 23.4. The van der Waals surface area contributed by atoms with Gasteiger partial charge in [0.2, 0.25) is 0 Å². The molecule has 1 unspecified atom stereocenters. The van der Waals surface area contributed by atoms with Crippen molar-refractivity contribution in [1.29, 1.82) is 0 Å². The lowest BCUT2D eigenvalue weighted by Crippen LogP contribution is -2.12. The number of benzene rings is 2. The molecule has 0 saturated heterocycles. The van der Waals surface area contributed by atoms with Gasteiger partial charge >= 0.3 is 5.97 Å². The van der Waals surface area contributed by atoms with E-state index in [1.54, 1.807) is 44.3 Å². The first-order chi connectivity index (χ1) is 16.0. The molecule has 0 aliphatic carbocycles. The fraction of sp³-hybridized carbons (Fsp3) is 0.280. The van der Waals surface area contributed by atoms with Crippen molar-refractivity contribution in [3.05, 3.63) is 66.1 Å². The summed E-state index contributed by atoms with van der Waals surface area (Å²) in [4.78, 5) is 21.8. The van der Waals surface area contributed by atoms with E-state index in [1.807, 2.05) is 43.6 Å². The van der Waals surface area contributed by atoms with Gasteiger partial charge in [-0.05, 0) is 42.3 Å².